The Morgan fingerprint density at radius 1 is 0.844 bits per heavy atom. The van der Waals surface area contributed by atoms with Crippen LogP contribution in [0, 0.1) is 0 Å². The molecule has 0 bridgehead atoms. The first-order chi connectivity index (χ1) is 15.5. The van der Waals surface area contributed by atoms with Crippen molar-refractivity contribution in [1.29, 1.82) is 0 Å². The smallest absolute Gasteiger partial charge is 0.338 e. The number of carbonyl (C=O) groups is 4. The van der Waals surface area contributed by atoms with Crippen molar-refractivity contribution < 1.29 is 23.9 Å². The van der Waals surface area contributed by atoms with Gasteiger partial charge in [-0.15, -0.1) is 0 Å². The lowest BCUT2D eigenvalue weighted by Gasteiger charge is -2.14. The van der Waals surface area contributed by atoms with E-state index < -0.39 is 30.3 Å². The van der Waals surface area contributed by atoms with Crippen molar-refractivity contribution in [3.8, 4) is 0 Å². The van der Waals surface area contributed by atoms with E-state index in [1.807, 2.05) is 19.1 Å². The maximum absolute atomic E-state index is 12.6. The zero-order valence-corrected chi connectivity index (χ0v) is 17.3. The molecule has 160 valence electrons. The number of fused-ring (bicyclic) bond motifs is 1. The summed E-state index contributed by atoms with van der Waals surface area (Å²) in [5.74, 6) is -1.96. The molecular formula is C25H20N2O5. The quantitative estimate of drug-likeness (QED) is 0.476. The second-order valence-corrected chi connectivity index (χ2v) is 7.21. The van der Waals surface area contributed by atoms with Gasteiger partial charge in [-0.3, -0.25) is 14.4 Å². The van der Waals surface area contributed by atoms with Crippen molar-refractivity contribution in [1.82, 2.24) is 0 Å². The SMILES string of the molecule is CCc1ccc(NC(=O)COC(=O)c2ccc(N3C(=O)c4ccccc4C3=O)cc2)cc1. The zero-order valence-electron chi connectivity index (χ0n) is 17.3. The highest BCUT2D eigenvalue weighted by Gasteiger charge is 2.36. The summed E-state index contributed by atoms with van der Waals surface area (Å²) in [4.78, 5) is 50.5. The minimum atomic E-state index is -0.685. The minimum Gasteiger partial charge on any atom is -0.452 e. The summed E-state index contributed by atoms with van der Waals surface area (Å²) in [6.45, 7) is 1.61. The molecule has 0 spiro atoms. The van der Waals surface area contributed by atoms with Crippen LogP contribution in [-0.4, -0.2) is 30.3 Å². The molecule has 1 heterocycles. The van der Waals surface area contributed by atoms with E-state index in [0.717, 1.165) is 16.9 Å². The number of carbonyl (C=O) groups excluding carboxylic acids is 4. The van der Waals surface area contributed by atoms with Crippen molar-refractivity contribution in [3.63, 3.8) is 0 Å². The van der Waals surface area contributed by atoms with Gasteiger partial charge in [0.2, 0.25) is 0 Å². The normalized spacial score (nSPS) is 12.5. The van der Waals surface area contributed by atoms with Gasteiger partial charge in [0.1, 0.15) is 0 Å². The van der Waals surface area contributed by atoms with E-state index in [0.29, 0.717) is 22.5 Å². The predicted molar refractivity (Wildman–Crippen MR) is 119 cm³/mol. The first-order valence-electron chi connectivity index (χ1n) is 10.1. The monoisotopic (exact) mass is 428 g/mol. The first-order valence-corrected chi connectivity index (χ1v) is 10.1. The van der Waals surface area contributed by atoms with Crippen LogP contribution in [0.25, 0.3) is 0 Å². The van der Waals surface area contributed by atoms with Crippen LogP contribution in [0.3, 0.4) is 0 Å². The van der Waals surface area contributed by atoms with Crippen LogP contribution in [0.5, 0.6) is 0 Å². The lowest BCUT2D eigenvalue weighted by Crippen LogP contribution is -2.29. The molecule has 0 radical (unpaired) electrons. The number of hydrogen-bond acceptors (Lipinski definition) is 5. The number of anilines is 2. The van der Waals surface area contributed by atoms with Gasteiger partial charge in [-0.25, -0.2) is 9.69 Å². The fourth-order valence-electron chi connectivity index (χ4n) is 3.41. The second-order valence-electron chi connectivity index (χ2n) is 7.21. The molecule has 1 N–H and O–H groups in total. The van der Waals surface area contributed by atoms with Gasteiger partial charge in [0.15, 0.2) is 6.61 Å². The molecule has 0 aliphatic carbocycles. The lowest BCUT2D eigenvalue weighted by atomic mass is 10.1. The highest BCUT2D eigenvalue weighted by atomic mass is 16.5. The van der Waals surface area contributed by atoms with Gasteiger partial charge >= 0.3 is 5.97 Å². The second kappa shape index (κ2) is 8.85. The van der Waals surface area contributed by atoms with Gasteiger partial charge in [-0.2, -0.15) is 0 Å². The number of esters is 1. The Bertz CT molecular complexity index is 1160. The maximum Gasteiger partial charge on any atom is 0.338 e. The van der Waals surface area contributed by atoms with Gasteiger partial charge in [-0.1, -0.05) is 31.2 Å². The molecule has 0 saturated carbocycles. The van der Waals surface area contributed by atoms with Crippen LogP contribution < -0.4 is 10.2 Å². The molecule has 3 aromatic carbocycles. The fraction of sp³-hybridized carbons (Fsp3) is 0.120. The Balaban J connectivity index is 1.36. The third kappa shape index (κ3) is 4.13. The Morgan fingerprint density at radius 3 is 2.00 bits per heavy atom. The van der Waals surface area contributed by atoms with Crippen LogP contribution in [0.1, 0.15) is 43.6 Å². The molecule has 1 aliphatic rings. The third-order valence-corrected chi connectivity index (χ3v) is 5.14. The average Bonchev–Trinajstić information content (AvgIpc) is 3.08. The van der Waals surface area contributed by atoms with Gasteiger partial charge in [0.25, 0.3) is 17.7 Å². The van der Waals surface area contributed by atoms with Gasteiger partial charge in [0, 0.05) is 5.69 Å². The maximum atomic E-state index is 12.6. The van der Waals surface area contributed by atoms with Gasteiger partial charge in [-0.05, 0) is 60.5 Å². The van der Waals surface area contributed by atoms with Crippen molar-refractivity contribution in [2.24, 2.45) is 0 Å². The molecule has 0 aromatic heterocycles. The fourth-order valence-corrected chi connectivity index (χ4v) is 3.41. The summed E-state index contributed by atoms with van der Waals surface area (Å²) < 4.78 is 5.07. The Kier molecular flexibility index (Phi) is 5.81. The summed E-state index contributed by atoms with van der Waals surface area (Å²) in [6.07, 6.45) is 0.900. The van der Waals surface area contributed by atoms with E-state index in [4.69, 9.17) is 4.74 Å². The van der Waals surface area contributed by atoms with Crippen LogP contribution in [0.15, 0.2) is 72.8 Å². The molecule has 0 atom stereocenters. The molecule has 0 saturated heterocycles. The molecule has 32 heavy (non-hydrogen) atoms. The molecule has 4 rings (SSSR count). The van der Waals surface area contributed by atoms with Crippen molar-refractivity contribution in [2.45, 2.75) is 13.3 Å². The van der Waals surface area contributed by atoms with E-state index in [9.17, 15) is 19.2 Å². The average molecular weight is 428 g/mol. The summed E-state index contributed by atoms with van der Waals surface area (Å²) in [6, 6.07) is 19.9. The van der Waals surface area contributed by atoms with Crippen molar-refractivity contribution >= 4 is 35.1 Å². The Morgan fingerprint density at radius 2 is 1.44 bits per heavy atom. The Labute approximate surface area is 184 Å². The largest absolute Gasteiger partial charge is 0.452 e. The standard InChI is InChI=1S/C25H20N2O5/c1-2-16-7-11-18(12-8-16)26-22(28)15-32-25(31)17-9-13-19(14-10-17)27-23(29)20-5-3-4-6-21(20)24(27)30/h3-14H,2,15H2,1H3,(H,26,28). The number of ether oxygens (including phenoxy) is 1. The summed E-state index contributed by atoms with van der Waals surface area (Å²) in [5.41, 5.74) is 3.01. The van der Waals surface area contributed by atoms with E-state index in [-0.39, 0.29) is 5.56 Å². The summed E-state index contributed by atoms with van der Waals surface area (Å²) in [5, 5.41) is 2.67. The van der Waals surface area contributed by atoms with Crippen molar-refractivity contribution in [3.05, 3.63) is 95.1 Å². The van der Waals surface area contributed by atoms with Crippen LogP contribution in [0.2, 0.25) is 0 Å². The van der Waals surface area contributed by atoms with E-state index >= 15 is 0 Å². The molecule has 1 aliphatic heterocycles. The minimum absolute atomic E-state index is 0.199. The first kappa shape index (κ1) is 21.0. The topological polar surface area (TPSA) is 92.8 Å². The number of hydrogen-bond donors (Lipinski definition) is 1. The van der Waals surface area contributed by atoms with E-state index in [2.05, 4.69) is 5.32 Å². The molecule has 7 heteroatoms. The molecular weight excluding hydrogens is 408 g/mol. The molecule has 3 amide bonds. The molecule has 0 unspecified atom stereocenters. The third-order valence-electron chi connectivity index (χ3n) is 5.14. The predicted octanol–water partition coefficient (Wildman–Crippen LogP) is 3.85. The number of nitrogens with zero attached hydrogens (tertiary/aromatic N) is 1. The summed E-state index contributed by atoms with van der Waals surface area (Å²) >= 11 is 0. The van der Waals surface area contributed by atoms with Gasteiger partial charge in [0.05, 0.1) is 22.4 Å². The number of amides is 3. The number of nitrogens with one attached hydrogen (secondary N) is 1. The van der Waals surface area contributed by atoms with E-state index in [1.54, 1.807) is 36.4 Å². The Hall–Kier alpha value is -4.26. The van der Waals surface area contributed by atoms with E-state index in [1.165, 1.54) is 24.3 Å². The molecule has 7 nitrogen and oxygen atoms in total. The number of imide groups is 1. The highest BCUT2D eigenvalue weighted by molar-refractivity contribution is 6.34. The van der Waals surface area contributed by atoms with Gasteiger partial charge < -0.3 is 10.1 Å². The molecule has 3 aromatic rings. The highest BCUT2D eigenvalue weighted by Crippen LogP contribution is 2.28. The zero-order chi connectivity index (χ0) is 22.7. The van der Waals surface area contributed by atoms with Crippen LogP contribution in [-0.2, 0) is 16.0 Å². The summed E-state index contributed by atoms with van der Waals surface area (Å²) in [7, 11) is 0. The molecule has 0 fully saturated rings. The number of rotatable bonds is 6. The van der Waals surface area contributed by atoms with Crippen LogP contribution in [0.4, 0.5) is 11.4 Å². The van der Waals surface area contributed by atoms with Crippen LogP contribution >= 0.6 is 0 Å². The van der Waals surface area contributed by atoms with Crippen molar-refractivity contribution in [2.75, 3.05) is 16.8 Å². The number of benzene rings is 3. The number of aryl methyl sites for hydroxylation is 1. The lowest BCUT2D eigenvalue weighted by molar-refractivity contribution is -0.119.